The van der Waals surface area contributed by atoms with Crippen molar-refractivity contribution in [3.8, 4) is 23.0 Å². The Morgan fingerprint density at radius 3 is 1.49 bits per heavy atom. The Balaban J connectivity index is 0.000000154. The number of hydrazone groups is 2. The standard InChI is InChI=1S/C23H18N6O2.C18H18N6O3.C10H10O2.C2H4O2.C2H2O2/c30-22(15-10-14(15)12-4-2-1-3-5-12)27-13-8-16-19-17(11-26-29-23(16)31)20(28-18(19)9-13)21-24-6-7-25-21;1-18(2,3)27-17(26)22-9-6-10-13-11(8-21-24-16(10)25)14(23-12(13)7-9)15-19-4-5-20-15;11-10(12)9-6-8(9)7-4-2-1-3-5-7;1-2(3)4;3-1-2-4/h1-9,11,14-15,28H,10H2,(H,24,25)(H,27,30)(H,29,31);4-8,23H,1-3H3,(H,19,20)(H,22,26)(H,24,25);1-5,8-9H,6H2,(H,11,12);1H3,(H,3,4);1-2H/t14-,15?;;8-,9+;;/m0.0../s1. The number of aldehydes is 2. The van der Waals surface area contributed by atoms with Crippen LogP contribution in [0.15, 0.2) is 120 Å². The topological polar surface area (TPSA) is 348 Å². The largest absolute Gasteiger partial charge is 0.481 e. The molecule has 1 unspecified atom stereocenters. The molecule has 0 bridgehead atoms. The number of anilines is 2. The first kappa shape index (κ1) is 54.0. The molecule has 0 saturated heterocycles. The second-order valence-corrected chi connectivity index (χ2v) is 19.0. The van der Waals surface area contributed by atoms with Crippen LogP contribution in [0, 0.1) is 11.8 Å². The first-order chi connectivity index (χ1) is 37.4. The summed E-state index contributed by atoms with van der Waals surface area (Å²) in [7, 11) is 0. The molecule has 4 aromatic heterocycles. The van der Waals surface area contributed by atoms with E-state index in [1.54, 1.807) is 76.2 Å². The summed E-state index contributed by atoms with van der Waals surface area (Å²) >= 11 is 0. The van der Waals surface area contributed by atoms with Gasteiger partial charge in [0.25, 0.3) is 17.8 Å². The summed E-state index contributed by atoms with van der Waals surface area (Å²) in [6.45, 7) is 6.42. The summed E-state index contributed by atoms with van der Waals surface area (Å²) in [6.07, 6.45) is 11.4. The Kier molecular flexibility index (Phi) is 16.2. The van der Waals surface area contributed by atoms with E-state index in [1.165, 1.54) is 5.56 Å². The predicted octanol–water partition coefficient (Wildman–Crippen LogP) is 7.71. The van der Waals surface area contributed by atoms with Gasteiger partial charge in [0, 0.05) is 81.9 Å². The van der Waals surface area contributed by atoms with Crippen molar-refractivity contribution >= 4 is 93.9 Å². The van der Waals surface area contributed by atoms with Gasteiger partial charge in [0.1, 0.15) is 5.60 Å². The average molecular weight is 1060 g/mol. The van der Waals surface area contributed by atoms with Crippen LogP contribution < -0.4 is 21.5 Å². The number of hydrogen-bond donors (Lipinski definition) is 10. The highest BCUT2D eigenvalue weighted by Gasteiger charge is 2.45. The van der Waals surface area contributed by atoms with Crippen molar-refractivity contribution in [2.45, 2.75) is 58.0 Å². The first-order valence-electron chi connectivity index (χ1n) is 24.2. The number of hydrogen-bond acceptors (Lipinski definition) is 13. The molecule has 8 aromatic rings. The number of benzene rings is 4. The summed E-state index contributed by atoms with van der Waals surface area (Å²) in [6, 6.07) is 26.8. The minimum absolute atomic E-state index is 0.0382. The van der Waals surface area contributed by atoms with Crippen LogP contribution in [-0.2, 0) is 28.7 Å². The zero-order valence-electron chi connectivity index (χ0n) is 42.3. The number of amides is 4. The van der Waals surface area contributed by atoms with Crippen LogP contribution in [0.25, 0.3) is 44.8 Å². The average Bonchev–Trinajstić information content (AvgIpc) is 4.34. The third-order valence-corrected chi connectivity index (χ3v) is 12.2. The molecule has 2 saturated carbocycles. The van der Waals surface area contributed by atoms with Crippen LogP contribution >= 0.6 is 0 Å². The number of carbonyl (C=O) groups is 8. The molecule has 10 N–H and O–H groups in total. The van der Waals surface area contributed by atoms with E-state index in [4.69, 9.17) is 29.3 Å². The zero-order chi connectivity index (χ0) is 55.7. The van der Waals surface area contributed by atoms with E-state index in [9.17, 15) is 24.0 Å². The molecule has 23 nitrogen and oxygen atoms in total. The van der Waals surface area contributed by atoms with E-state index < -0.39 is 23.6 Å². The maximum atomic E-state index is 12.9. The molecule has 4 atom stereocenters. The third kappa shape index (κ3) is 12.9. The van der Waals surface area contributed by atoms with Crippen molar-refractivity contribution in [1.29, 1.82) is 0 Å². The Morgan fingerprint density at radius 1 is 0.654 bits per heavy atom. The summed E-state index contributed by atoms with van der Waals surface area (Å²) in [5.74, 6) is -0.647. The molecule has 6 heterocycles. The van der Waals surface area contributed by atoms with Crippen molar-refractivity contribution in [3.63, 3.8) is 0 Å². The van der Waals surface area contributed by atoms with Crippen LogP contribution in [-0.4, -0.2) is 106 Å². The van der Waals surface area contributed by atoms with Crippen LogP contribution in [0.2, 0.25) is 0 Å². The lowest BCUT2D eigenvalue weighted by Crippen LogP contribution is -2.27. The molecule has 0 radical (unpaired) electrons. The van der Waals surface area contributed by atoms with Crippen LogP contribution in [0.4, 0.5) is 16.2 Å². The van der Waals surface area contributed by atoms with E-state index >= 15 is 0 Å². The van der Waals surface area contributed by atoms with Gasteiger partial charge < -0.3 is 40.2 Å². The lowest BCUT2D eigenvalue weighted by molar-refractivity contribution is -0.138. The number of carboxylic acids is 2. The molecule has 2 aliphatic heterocycles. The van der Waals surface area contributed by atoms with Crippen molar-refractivity contribution in [1.82, 2.24) is 40.8 Å². The molecule has 0 spiro atoms. The second-order valence-electron chi connectivity index (χ2n) is 19.0. The lowest BCUT2D eigenvalue weighted by Gasteiger charge is -2.19. The minimum atomic E-state index is -0.833. The fraction of sp³-hybridized carbons (Fsp3) is 0.200. The predicted molar refractivity (Wildman–Crippen MR) is 288 cm³/mol. The number of aliphatic carboxylic acids is 2. The number of nitrogens with one attached hydrogen (secondary N) is 8. The van der Waals surface area contributed by atoms with Gasteiger partial charge in [0.05, 0.1) is 40.9 Å². The molecule has 4 aromatic carbocycles. The molecule has 78 heavy (non-hydrogen) atoms. The number of aromatic amines is 4. The Labute approximate surface area is 443 Å². The maximum Gasteiger partial charge on any atom is 0.412 e. The normalized spacial score (nSPS) is 16.9. The SMILES string of the molecule is CC(=O)O.CC(C)(C)OC(=O)Nc1cc2c3c(c(-c4ncc[nH]4)[nH]c3c1)C=NNC2=O.O=C(O)[C@@H]1C[C@H]1c1ccccc1.O=C1NN=Cc2c(-c3ncc[nH]3)[nH]c3cc(NC(=O)C4C[C@H]4c4ccccc4)cc1c23.O=CC=O. The smallest absolute Gasteiger partial charge is 0.412 e. The van der Waals surface area contributed by atoms with E-state index in [1.807, 2.05) is 54.6 Å². The van der Waals surface area contributed by atoms with Crippen LogP contribution in [0.5, 0.6) is 0 Å². The van der Waals surface area contributed by atoms with Gasteiger partial charge in [-0.1, -0.05) is 60.7 Å². The van der Waals surface area contributed by atoms with Gasteiger partial charge in [-0.15, -0.1) is 0 Å². The van der Waals surface area contributed by atoms with E-state index in [2.05, 4.69) is 73.7 Å². The van der Waals surface area contributed by atoms with Crippen molar-refractivity contribution < 1.29 is 53.3 Å². The number of nitrogens with zero attached hydrogens (tertiary/aromatic N) is 4. The highest BCUT2D eigenvalue weighted by Crippen LogP contribution is 2.49. The highest BCUT2D eigenvalue weighted by molar-refractivity contribution is 6.19. The highest BCUT2D eigenvalue weighted by atomic mass is 16.6. The number of rotatable bonds is 9. The summed E-state index contributed by atoms with van der Waals surface area (Å²) in [5, 5.41) is 31.2. The van der Waals surface area contributed by atoms with Gasteiger partial charge >= 0.3 is 12.1 Å². The van der Waals surface area contributed by atoms with Crippen molar-refractivity contribution in [3.05, 3.63) is 143 Å². The molecular formula is C55H52N12O11. The summed E-state index contributed by atoms with van der Waals surface area (Å²) in [4.78, 5) is 108. The first-order valence-corrected chi connectivity index (χ1v) is 24.2. The summed E-state index contributed by atoms with van der Waals surface area (Å²) in [5.41, 5.74) is 12.9. The third-order valence-electron chi connectivity index (χ3n) is 12.2. The van der Waals surface area contributed by atoms with Gasteiger partial charge in [-0.2, -0.15) is 10.2 Å². The number of ether oxygens (including phenoxy) is 1. The Morgan fingerprint density at radius 2 is 1.09 bits per heavy atom. The monoisotopic (exact) mass is 1060 g/mol. The maximum absolute atomic E-state index is 12.9. The van der Waals surface area contributed by atoms with Gasteiger partial charge in [0.2, 0.25) is 5.91 Å². The van der Waals surface area contributed by atoms with Crippen molar-refractivity contribution in [2.75, 3.05) is 10.6 Å². The van der Waals surface area contributed by atoms with Gasteiger partial charge in [0.15, 0.2) is 24.2 Å². The van der Waals surface area contributed by atoms with Crippen molar-refractivity contribution in [2.24, 2.45) is 22.0 Å². The fourth-order valence-electron chi connectivity index (χ4n) is 8.83. The molecular weight excluding hydrogens is 1000 g/mol. The van der Waals surface area contributed by atoms with Gasteiger partial charge in [-0.25, -0.2) is 25.6 Å². The molecule has 4 amide bonds. The quantitative estimate of drug-likeness (QED) is 0.0490. The van der Waals surface area contributed by atoms with E-state index in [-0.39, 0.29) is 54.0 Å². The fourth-order valence-corrected chi connectivity index (χ4v) is 8.83. The number of imidazole rings is 2. The molecule has 12 rings (SSSR count). The zero-order valence-corrected chi connectivity index (χ0v) is 42.3. The lowest BCUT2D eigenvalue weighted by atomic mass is 10.0. The Hall–Kier alpha value is -10.3. The second kappa shape index (κ2) is 23.5. The number of aromatic nitrogens is 6. The van der Waals surface area contributed by atoms with E-state index in [0.717, 1.165) is 53.1 Å². The molecule has 2 aliphatic carbocycles. The number of carboxylic acid groups (broad SMARTS) is 2. The van der Waals surface area contributed by atoms with Gasteiger partial charge in [-0.3, -0.25) is 38.9 Å². The summed E-state index contributed by atoms with van der Waals surface area (Å²) < 4.78 is 5.28. The van der Waals surface area contributed by atoms with Crippen LogP contribution in [0.3, 0.4) is 0 Å². The number of carbonyl (C=O) groups excluding carboxylic acids is 6. The molecule has 4 aliphatic rings. The van der Waals surface area contributed by atoms with Gasteiger partial charge in [-0.05, 0) is 80.8 Å². The molecule has 23 heteroatoms. The molecule has 2 fully saturated rings. The van der Waals surface area contributed by atoms with E-state index in [0.29, 0.717) is 50.7 Å². The number of H-pyrrole nitrogens is 4. The molecule has 398 valence electrons. The minimum Gasteiger partial charge on any atom is -0.481 e. The van der Waals surface area contributed by atoms with Crippen LogP contribution in [0.1, 0.15) is 95.3 Å². The Bertz CT molecular complexity index is 3590.